The molecule has 1 aliphatic heterocycles. The summed E-state index contributed by atoms with van der Waals surface area (Å²) in [6.45, 7) is 6.72. The summed E-state index contributed by atoms with van der Waals surface area (Å²) in [5, 5.41) is 1.71. The van der Waals surface area contributed by atoms with Gasteiger partial charge in [-0.1, -0.05) is 24.3 Å². The van der Waals surface area contributed by atoms with Crippen LogP contribution in [0.2, 0.25) is 0 Å². The summed E-state index contributed by atoms with van der Waals surface area (Å²) in [4.78, 5) is 31.9. The zero-order chi connectivity index (χ0) is 22.8. The van der Waals surface area contributed by atoms with Gasteiger partial charge < -0.3 is 9.30 Å². The van der Waals surface area contributed by atoms with Gasteiger partial charge in [-0.3, -0.25) is 9.69 Å². The highest BCUT2D eigenvalue weighted by Crippen LogP contribution is 2.36. The van der Waals surface area contributed by atoms with E-state index in [-0.39, 0.29) is 5.91 Å². The number of carbonyl (C=O) groups is 2. The molecule has 1 aromatic heterocycles. The Morgan fingerprint density at radius 1 is 1.19 bits per heavy atom. The number of nitrogens with zero attached hydrogens (tertiary/aromatic N) is 3. The Kier molecular flexibility index (Phi) is 6.19. The molecule has 0 bridgehead atoms. The number of hydrogen-bond donors (Lipinski definition) is 0. The molecular weight excluding hydrogens is 422 g/mol. The van der Waals surface area contributed by atoms with Crippen molar-refractivity contribution in [3.05, 3.63) is 70.8 Å². The Morgan fingerprint density at radius 3 is 2.69 bits per heavy atom. The smallest absolute Gasteiger partial charge is 0.337 e. The van der Waals surface area contributed by atoms with Crippen LogP contribution in [0.3, 0.4) is 0 Å². The first-order chi connectivity index (χ1) is 15.4. The largest absolute Gasteiger partial charge is 0.465 e. The monoisotopic (exact) mass is 447 g/mol. The summed E-state index contributed by atoms with van der Waals surface area (Å²) in [5.41, 5.74) is 3.17. The van der Waals surface area contributed by atoms with Gasteiger partial charge in [0.15, 0.2) is 5.17 Å². The van der Waals surface area contributed by atoms with Crippen molar-refractivity contribution in [1.82, 2.24) is 9.47 Å². The maximum atomic E-state index is 13.1. The number of aliphatic imine (C=N–C) groups is 1. The topological polar surface area (TPSA) is 63.9 Å². The number of thioether (sulfide) groups is 1. The summed E-state index contributed by atoms with van der Waals surface area (Å²) >= 11 is 1.35. The number of ether oxygens (including phenoxy) is 1. The summed E-state index contributed by atoms with van der Waals surface area (Å²) in [5.74, 6) is -0.488. The number of carbonyl (C=O) groups excluding carboxylic acids is 2. The van der Waals surface area contributed by atoms with E-state index in [4.69, 9.17) is 4.74 Å². The Morgan fingerprint density at radius 2 is 1.97 bits per heavy atom. The Bertz CT molecular complexity index is 1260. The molecule has 1 amide bonds. The lowest BCUT2D eigenvalue weighted by Gasteiger charge is -2.12. The van der Waals surface area contributed by atoms with E-state index in [0.29, 0.717) is 33.9 Å². The molecule has 0 radical (unpaired) electrons. The number of para-hydroxylation sites is 1. The van der Waals surface area contributed by atoms with E-state index in [1.807, 2.05) is 25.1 Å². The highest BCUT2D eigenvalue weighted by atomic mass is 32.2. The molecule has 2 heterocycles. The molecule has 7 heteroatoms. The standard InChI is InChI=1S/C25H25N3O3S/c1-5-27-23(29)22(14-18-15-28(16(2)3)21-12-7-6-11-20(18)21)32-25(27)26-19-10-8-9-17(13-19)24(30)31-4/h6-16H,5H2,1-4H3. The van der Waals surface area contributed by atoms with Crippen molar-refractivity contribution in [2.75, 3.05) is 13.7 Å². The fraction of sp³-hybridized carbons (Fsp3) is 0.240. The minimum atomic E-state index is -0.420. The lowest BCUT2D eigenvalue weighted by molar-refractivity contribution is -0.122. The molecule has 6 nitrogen and oxygen atoms in total. The molecular formula is C25H25N3O3S. The molecule has 1 aliphatic rings. The number of likely N-dealkylation sites (N-methyl/N-ethyl adjacent to an activating group) is 1. The van der Waals surface area contributed by atoms with Crippen molar-refractivity contribution in [3.63, 3.8) is 0 Å². The van der Waals surface area contributed by atoms with Gasteiger partial charge in [-0.15, -0.1) is 0 Å². The van der Waals surface area contributed by atoms with Gasteiger partial charge in [-0.2, -0.15) is 0 Å². The lowest BCUT2D eigenvalue weighted by atomic mass is 10.1. The third-order valence-electron chi connectivity index (χ3n) is 5.31. The first-order valence-corrected chi connectivity index (χ1v) is 11.3. The van der Waals surface area contributed by atoms with Crippen LogP contribution < -0.4 is 0 Å². The first kappa shape index (κ1) is 21.9. The normalized spacial score (nSPS) is 16.7. The van der Waals surface area contributed by atoms with E-state index in [2.05, 4.69) is 41.7 Å². The molecule has 0 atom stereocenters. The number of methoxy groups -OCH3 is 1. The molecule has 32 heavy (non-hydrogen) atoms. The van der Waals surface area contributed by atoms with E-state index in [9.17, 15) is 9.59 Å². The van der Waals surface area contributed by atoms with Crippen LogP contribution in [-0.2, 0) is 9.53 Å². The third kappa shape index (κ3) is 4.08. The molecule has 3 aromatic rings. The fourth-order valence-electron chi connectivity index (χ4n) is 3.72. The van der Waals surface area contributed by atoms with Gasteiger partial charge in [0.05, 0.1) is 23.3 Å². The van der Waals surface area contributed by atoms with Crippen LogP contribution in [0.15, 0.2) is 64.6 Å². The Balaban J connectivity index is 1.72. The van der Waals surface area contributed by atoms with Gasteiger partial charge in [0.1, 0.15) is 0 Å². The van der Waals surface area contributed by atoms with Crippen molar-refractivity contribution in [1.29, 1.82) is 0 Å². The van der Waals surface area contributed by atoms with Crippen LogP contribution >= 0.6 is 11.8 Å². The van der Waals surface area contributed by atoms with E-state index in [1.54, 1.807) is 29.2 Å². The predicted octanol–water partition coefficient (Wildman–Crippen LogP) is 5.63. The number of benzene rings is 2. The van der Waals surface area contributed by atoms with Crippen molar-refractivity contribution >= 4 is 51.5 Å². The van der Waals surface area contributed by atoms with Gasteiger partial charge in [-0.05, 0) is 62.9 Å². The molecule has 4 rings (SSSR count). The van der Waals surface area contributed by atoms with Gasteiger partial charge in [0.25, 0.3) is 5.91 Å². The number of hydrogen-bond acceptors (Lipinski definition) is 5. The van der Waals surface area contributed by atoms with Crippen LogP contribution in [0, 0.1) is 0 Å². The Labute approximate surface area is 191 Å². The summed E-state index contributed by atoms with van der Waals surface area (Å²) in [7, 11) is 1.35. The minimum Gasteiger partial charge on any atom is -0.465 e. The number of fused-ring (bicyclic) bond motifs is 1. The summed E-state index contributed by atoms with van der Waals surface area (Å²) < 4.78 is 7.01. The second-order valence-electron chi connectivity index (χ2n) is 7.70. The second-order valence-corrected chi connectivity index (χ2v) is 8.71. The average molecular weight is 448 g/mol. The third-order valence-corrected chi connectivity index (χ3v) is 6.32. The van der Waals surface area contributed by atoms with E-state index in [1.165, 1.54) is 18.9 Å². The maximum Gasteiger partial charge on any atom is 0.337 e. The molecule has 1 fully saturated rings. The zero-order valence-corrected chi connectivity index (χ0v) is 19.3. The maximum absolute atomic E-state index is 13.1. The van der Waals surface area contributed by atoms with Crippen molar-refractivity contribution < 1.29 is 14.3 Å². The summed E-state index contributed by atoms with van der Waals surface area (Å²) in [6.07, 6.45) is 4.05. The average Bonchev–Trinajstić information content (AvgIpc) is 3.31. The fourth-order valence-corrected chi connectivity index (χ4v) is 4.77. The second kappa shape index (κ2) is 9.04. The highest BCUT2D eigenvalue weighted by molar-refractivity contribution is 8.18. The van der Waals surface area contributed by atoms with Gasteiger partial charge >= 0.3 is 5.97 Å². The van der Waals surface area contributed by atoms with Crippen LogP contribution in [0.25, 0.3) is 17.0 Å². The predicted molar refractivity (Wildman–Crippen MR) is 130 cm³/mol. The molecule has 164 valence electrons. The lowest BCUT2D eigenvalue weighted by Crippen LogP contribution is -2.28. The van der Waals surface area contributed by atoms with Crippen LogP contribution in [-0.4, -0.2) is 40.2 Å². The van der Waals surface area contributed by atoms with Gasteiger partial charge in [0, 0.05) is 35.2 Å². The summed E-state index contributed by atoms with van der Waals surface area (Å²) in [6, 6.07) is 15.4. The van der Waals surface area contributed by atoms with Crippen molar-refractivity contribution in [2.24, 2.45) is 4.99 Å². The van der Waals surface area contributed by atoms with Crippen LogP contribution in [0.4, 0.5) is 5.69 Å². The van der Waals surface area contributed by atoms with Crippen molar-refractivity contribution in [3.8, 4) is 0 Å². The zero-order valence-electron chi connectivity index (χ0n) is 18.5. The SMILES string of the molecule is CCN1C(=O)C(=Cc2cn(C(C)C)c3ccccc23)SC1=Nc1cccc(C(=O)OC)c1. The van der Waals surface area contributed by atoms with Crippen LogP contribution in [0.1, 0.15) is 42.7 Å². The Hall–Kier alpha value is -3.32. The number of amidine groups is 1. The molecule has 0 aliphatic carbocycles. The number of aromatic nitrogens is 1. The minimum absolute atomic E-state index is 0.0678. The van der Waals surface area contributed by atoms with E-state index >= 15 is 0 Å². The number of rotatable bonds is 5. The molecule has 0 saturated carbocycles. The number of esters is 1. The molecule has 0 spiro atoms. The van der Waals surface area contributed by atoms with E-state index < -0.39 is 5.97 Å². The molecule has 2 aromatic carbocycles. The molecule has 0 unspecified atom stereocenters. The highest BCUT2D eigenvalue weighted by Gasteiger charge is 2.32. The molecule has 1 saturated heterocycles. The molecule has 0 N–H and O–H groups in total. The van der Waals surface area contributed by atoms with Gasteiger partial charge in [0.2, 0.25) is 0 Å². The first-order valence-electron chi connectivity index (χ1n) is 10.5. The quantitative estimate of drug-likeness (QED) is 0.375. The van der Waals surface area contributed by atoms with Crippen LogP contribution in [0.5, 0.6) is 0 Å². The van der Waals surface area contributed by atoms with Crippen molar-refractivity contribution in [2.45, 2.75) is 26.8 Å². The number of amides is 1. The van der Waals surface area contributed by atoms with Gasteiger partial charge in [-0.25, -0.2) is 9.79 Å². The van der Waals surface area contributed by atoms with E-state index in [0.717, 1.165) is 16.5 Å².